The summed E-state index contributed by atoms with van der Waals surface area (Å²) in [6.45, 7) is -0.570. The fourth-order valence-electron chi connectivity index (χ4n) is 2.11. The number of nitrogens with zero attached hydrogens (tertiary/aromatic N) is 1. The van der Waals surface area contributed by atoms with E-state index in [0.717, 1.165) is 36.4 Å². The van der Waals surface area contributed by atoms with Gasteiger partial charge in [0.2, 0.25) is 10.0 Å². The Labute approximate surface area is 146 Å². The molecule has 140 valence electrons. The summed E-state index contributed by atoms with van der Waals surface area (Å²) >= 11 is 0. The summed E-state index contributed by atoms with van der Waals surface area (Å²) in [7, 11) is -4.30. The standard InChI is InChI=1S/C15H13F3N2O5S/c16-15(17,18)11-7-5-10(6-8-11)13(21)9-19-26(24,25)14-4-2-1-3-12(14)20(22)23/h1-8,13,19,21H,9H2. The first kappa shape index (κ1) is 19.8. The summed E-state index contributed by atoms with van der Waals surface area (Å²) in [5.74, 6) is 0. The first-order valence-electron chi connectivity index (χ1n) is 7.10. The van der Waals surface area contributed by atoms with Crippen LogP contribution in [-0.2, 0) is 16.2 Å². The number of benzene rings is 2. The van der Waals surface area contributed by atoms with Crippen molar-refractivity contribution in [3.05, 3.63) is 69.8 Å². The molecule has 0 heterocycles. The van der Waals surface area contributed by atoms with Crippen LogP contribution >= 0.6 is 0 Å². The Kier molecular flexibility index (Phi) is 5.64. The lowest BCUT2D eigenvalue weighted by Gasteiger charge is -2.14. The molecule has 11 heteroatoms. The fraction of sp³-hybridized carbons (Fsp3) is 0.200. The summed E-state index contributed by atoms with van der Waals surface area (Å²) in [6, 6.07) is 8.21. The molecule has 0 aliphatic carbocycles. The van der Waals surface area contributed by atoms with E-state index in [1.807, 2.05) is 4.72 Å². The Balaban J connectivity index is 2.14. The van der Waals surface area contributed by atoms with Crippen molar-refractivity contribution in [3.8, 4) is 0 Å². The third-order valence-corrected chi connectivity index (χ3v) is 4.91. The minimum Gasteiger partial charge on any atom is -0.387 e. The van der Waals surface area contributed by atoms with E-state index in [1.165, 1.54) is 12.1 Å². The maximum Gasteiger partial charge on any atom is 0.416 e. The Bertz CT molecular complexity index is 898. The van der Waals surface area contributed by atoms with Gasteiger partial charge in [0.15, 0.2) is 4.90 Å². The number of nitro groups is 1. The largest absolute Gasteiger partial charge is 0.416 e. The van der Waals surface area contributed by atoms with Gasteiger partial charge in [0.1, 0.15) is 0 Å². The molecule has 0 saturated carbocycles. The van der Waals surface area contributed by atoms with Gasteiger partial charge in [-0.25, -0.2) is 13.1 Å². The minimum absolute atomic E-state index is 0.0586. The molecule has 0 saturated heterocycles. The van der Waals surface area contributed by atoms with Crippen LogP contribution in [0.4, 0.5) is 18.9 Å². The van der Waals surface area contributed by atoms with E-state index in [4.69, 9.17) is 0 Å². The number of nitrogens with one attached hydrogen (secondary N) is 1. The molecule has 0 radical (unpaired) electrons. The molecular formula is C15H13F3N2O5S. The van der Waals surface area contributed by atoms with Crippen LogP contribution in [0, 0.1) is 10.1 Å². The average molecular weight is 390 g/mol. The van der Waals surface area contributed by atoms with Crippen molar-refractivity contribution >= 4 is 15.7 Å². The molecule has 0 aromatic heterocycles. The van der Waals surface area contributed by atoms with Crippen LogP contribution in [-0.4, -0.2) is 25.0 Å². The zero-order chi connectivity index (χ0) is 19.5. The molecule has 7 nitrogen and oxygen atoms in total. The molecule has 2 N–H and O–H groups in total. The third kappa shape index (κ3) is 4.56. The van der Waals surface area contributed by atoms with Gasteiger partial charge < -0.3 is 5.11 Å². The highest BCUT2D eigenvalue weighted by molar-refractivity contribution is 7.89. The second-order valence-corrected chi connectivity index (χ2v) is 6.95. The number of hydrogen-bond donors (Lipinski definition) is 2. The quantitative estimate of drug-likeness (QED) is 0.582. The number of rotatable bonds is 6. The number of halogens is 3. The van der Waals surface area contributed by atoms with Crippen molar-refractivity contribution < 1.29 is 31.6 Å². The number of aliphatic hydroxyl groups is 1. The molecule has 1 unspecified atom stereocenters. The maximum atomic E-state index is 12.5. The van der Waals surface area contributed by atoms with Crippen molar-refractivity contribution in [1.29, 1.82) is 0 Å². The Morgan fingerprint density at radius 3 is 2.23 bits per heavy atom. The molecule has 0 spiro atoms. The molecule has 0 amide bonds. The predicted molar refractivity (Wildman–Crippen MR) is 84.7 cm³/mol. The van der Waals surface area contributed by atoms with Crippen molar-refractivity contribution in [2.75, 3.05) is 6.54 Å². The number of para-hydroxylation sites is 1. The smallest absolute Gasteiger partial charge is 0.387 e. The molecule has 26 heavy (non-hydrogen) atoms. The van der Waals surface area contributed by atoms with E-state index < -0.39 is 49.9 Å². The van der Waals surface area contributed by atoms with Gasteiger partial charge in [0.25, 0.3) is 5.69 Å². The monoisotopic (exact) mass is 390 g/mol. The van der Waals surface area contributed by atoms with Crippen molar-refractivity contribution in [2.45, 2.75) is 17.2 Å². The van der Waals surface area contributed by atoms with Crippen LogP contribution in [0.25, 0.3) is 0 Å². The number of nitro benzene ring substituents is 1. The molecular weight excluding hydrogens is 377 g/mol. The third-order valence-electron chi connectivity index (χ3n) is 3.44. The van der Waals surface area contributed by atoms with E-state index in [2.05, 4.69) is 0 Å². The topological polar surface area (TPSA) is 110 Å². The van der Waals surface area contributed by atoms with Crippen LogP contribution in [0.5, 0.6) is 0 Å². The second kappa shape index (κ2) is 7.40. The molecule has 2 aromatic rings. The van der Waals surface area contributed by atoms with Crippen LogP contribution in [0.15, 0.2) is 53.4 Å². The van der Waals surface area contributed by atoms with Gasteiger partial charge in [-0.2, -0.15) is 13.2 Å². The Morgan fingerprint density at radius 1 is 1.12 bits per heavy atom. The van der Waals surface area contributed by atoms with Crippen LogP contribution in [0.2, 0.25) is 0 Å². The Hall–Kier alpha value is -2.50. The fourth-order valence-corrected chi connectivity index (χ4v) is 3.32. The van der Waals surface area contributed by atoms with E-state index in [0.29, 0.717) is 0 Å². The van der Waals surface area contributed by atoms with E-state index >= 15 is 0 Å². The lowest BCUT2D eigenvalue weighted by molar-refractivity contribution is -0.387. The first-order valence-corrected chi connectivity index (χ1v) is 8.59. The zero-order valence-corrected chi connectivity index (χ0v) is 13.8. The van der Waals surface area contributed by atoms with E-state index in [1.54, 1.807) is 0 Å². The maximum absolute atomic E-state index is 12.5. The molecule has 0 bridgehead atoms. The molecule has 2 aromatic carbocycles. The zero-order valence-electron chi connectivity index (χ0n) is 13.0. The summed E-state index contributed by atoms with van der Waals surface area (Å²) in [5, 5.41) is 20.9. The van der Waals surface area contributed by atoms with Gasteiger partial charge in [-0.3, -0.25) is 10.1 Å². The number of hydrogen-bond acceptors (Lipinski definition) is 5. The van der Waals surface area contributed by atoms with Gasteiger partial charge in [-0.05, 0) is 23.8 Å². The highest BCUT2D eigenvalue weighted by Gasteiger charge is 2.30. The van der Waals surface area contributed by atoms with Crippen LogP contribution in [0.1, 0.15) is 17.2 Å². The summed E-state index contributed by atoms with van der Waals surface area (Å²) in [5.41, 5.74) is -1.48. The van der Waals surface area contributed by atoms with E-state index in [9.17, 15) is 36.8 Å². The molecule has 2 rings (SSSR count). The van der Waals surface area contributed by atoms with Gasteiger partial charge in [-0.1, -0.05) is 24.3 Å². The Morgan fingerprint density at radius 2 is 1.69 bits per heavy atom. The first-order chi connectivity index (χ1) is 12.0. The number of sulfonamides is 1. The number of alkyl halides is 3. The minimum atomic E-state index is -4.53. The molecule has 1 atom stereocenters. The van der Waals surface area contributed by atoms with Crippen LogP contribution < -0.4 is 4.72 Å². The SMILES string of the molecule is O=[N+]([O-])c1ccccc1S(=O)(=O)NCC(O)c1ccc(C(F)(F)F)cc1. The summed E-state index contributed by atoms with van der Waals surface area (Å²) in [6.07, 6.45) is -5.97. The summed E-state index contributed by atoms with van der Waals surface area (Å²) in [4.78, 5) is 9.47. The second-order valence-electron chi connectivity index (χ2n) is 5.21. The summed E-state index contributed by atoms with van der Waals surface area (Å²) < 4.78 is 63.9. The molecule has 0 aliphatic rings. The van der Waals surface area contributed by atoms with Crippen molar-refractivity contribution in [1.82, 2.24) is 4.72 Å². The van der Waals surface area contributed by atoms with Gasteiger partial charge in [0.05, 0.1) is 16.6 Å². The molecule has 0 aliphatic heterocycles. The van der Waals surface area contributed by atoms with Gasteiger partial charge in [0, 0.05) is 12.6 Å². The highest BCUT2D eigenvalue weighted by atomic mass is 32.2. The van der Waals surface area contributed by atoms with Gasteiger partial charge >= 0.3 is 6.18 Å². The highest BCUT2D eigenvalue weighted by Crippen LogP contribution is 2.30. The van der Waals surface area contributed by atoms with Crippen LogP contribution in [0.3, 0.4) is 0 Å². The lowest BCUT2D eigenvalue weighted by Crippen LogP contribution is -2.29. The van der Waals surface area contributed by atoms with Crippen molar-refractivity contribution in [3.63, 3.8) is 0 Å². The predicted octanol–water partition coefficient (Wildman–Crippen LogP) is 2.63. The lowest BCUT2D eigenvalue weighted by atomic mass is 10.1. The number of aliphatic hydroxyl groups excluding tert-OH is 1. The average Bonchev–Trinajstić information content (AvgIpc) is 2.59. The molecule has 0 fully saturated rings. The van der Waals surface area contributed by atoms with E-state index in [-0.39, 0.29) is 5.56 Å². The van der Waals surface area contributed by atoms with Crippen molar-refractivity contribution in [2.24, 2.45) is 0 Å². The normalized spacial score (nSPS) is 13.4. The van der Waals surface area contributed by atoms with Gasteiger partial charge in [-0.15, -0.1) is 0 Å².